The molecule has 0 spiro atoms. The maximum Gasteiger partial charge on any atom is 0.460 e. The predicted octanol–water partition coefficient (Wildman–Crippen LogP) is 6.31. The Labute approximate surface area is 255 Å². The molecule has 0 saturated carbocycles. The van der Waals surface area contributed by atoms with Gasteiger partial charge in [0.05, 0.1) is 0 Å². The van der Waals surface area contributed by atoms with Gasteiger partial charge in [-0.2, -0.15) is 133 Å². The van der Waals surface area contributed by atoms with E-state index in [1.807, 2.05) is 0 Å². The van der Waals surface area contributed by atoms with Gasteiger partial charge in [-0.3, -0.25) is 0 Å². The van der Waals surface area contributed by atoms with Crippen LogP contribution in [0.4, 0.5) is 128 Å². The third-order valence-electron chi connectivity index (χ3n) is 5.89. The SMILES string of the molecule is CN(c1nc(N)nc(N)n1)S(=O)(=O)C(F)(F)C(F)(F)C(F)(F)C(F)(F)C(F)(F)C(F)(F)C(F)(F)C(F)(F)C(F)(F)C(F)(F)C(F)(F)C(F)(F)F. The first-order valence-electron chi connectivity index (χ1n) is 10.8. The molecule has 0 aromatic carbocycles. The Morgan fingerprint density at radius 3 is 0.880 bits per heavy atom. The summed E-state index contributed by atoms with van der Waals surface area (Å²) in [6.07, 6.45) is -8.25. The van der Waals surface area contributed by atoms with E-state index in [2.05, 4.69) is 15.0 Å². The first kappa shape index (κ1) is 44.6. The number of halogens is 25. The summed E-state index contributed by atoms with van der Waals surface area (Å²) in [5.41, 5.74) is 9.69. The first-order valence-corrected chi connectivity index (χ1v) is 12.2. The Balaban J connectivity index is 3.97. The van der Waals surface area contributed by atoms with Crippen LogP contribution in [0, 0.1) is 0 Å². The zero-order valence-electron chi connectivity index (χ0n) is 22.1. The number of hydrogen-bond acceptors (Lipinski definition) is 7. The normalized spacial score (nSPS) is 16.1. The van der Waals surface area contributed by atoms with E-state index in [0.717, 1.165) is 0 Å². The Kier molecular flexibility index (Phi) is 10.1. The lowest BCUT2D eigenvalue weighted by molar-refractivity contribution is -0.480. The van der Waals surface area contributed by atoms with Crippen molar-refractivity contribution in [3.05, 3.63) is 0 Å². The van der Waals surface area contributed by atoms with Gasteiger partial charge < -0.3 is 11.5 Å². The molecule has 0 aliphatic rings. The van der Waals surface area contributed by atoms with Crippen molar-refractivity contribution in [3.8, 4) is 0 Å². The van der Waals surface area contributed by atoms with Crippen LogP contribution in [0.15, 0.2) is 0 Å². The van der Waals surface area contributed by atoms with Crippen LogP contribution >= 0.6 is 0 Å². The van der Waals surface area contributed by atoms with E-state index in [9.17, 15) is 118 Å². The highest BCUT2D eigenvalue weighted by Gasteiger charge is 3.00. The van der Waals surface area contributed by atoms with E-state index in [1.54, 1.807) is 0 Å². The van der Waals surface area contributed by atoms with E-state index >= 15 is 0 Å². The van der Waals surface area contributed by atoms with E-state index < -0.39 is 110 Å². The molecule has 0 fully saturated rings. The summed E-state index contributed by atoms with van der Waals surface area (Å²) in [6, 6.07) is 0. The van der Waals surface area contributed by atoms with E-state index in [0.29, 0.717) is 0 Å². The fourth-order valence-electron chi connectivity index (χ4n) is 2.92. The molecule has 0 unspecified atom stereocenters. The largest absolute Gasteiger partial charge is 0.460 e. The molecule has 0 aliphatic carbocycles. The van der Waals surface area contributed by atoms with Gasteiger partial charge in [0.2, 0.25) is 17.8 Å². The number of anilines is 3. The fraction of sp³-hybridized carbons (Fsp3) is 0.812. The molecule has 0 atom stereocenters. The molecule has 8 nitrogen and oxygen atoms in total. The zero-order chi connectivity index (χ0) is 40.9. The van der Waals surface area contributed by atoms with Crippen LogP contribution < -0.4 is 15.8 Å². The molecule has 1 heterocycles. The van der Waals surface area contributed by atoms with E-state index in [-0.39, 0.29) is 0 Å². The highest BCUT2D eigenvalue weighted by atomic mass is 32.2. The minimum absolute atomic E-state index is 0.493. The number of nitrogens with two attached hydrogens (primary N) is 2. The lowest BCUT2D eigenvalue weighted by atomic mass is 9.85. The minimum atomic E-state index is -9.80. The van der Waals surface area contributed by atoms with Gasteiger partial charge >= 0.3 is 80.7 Å². The molecule has 0 radical (unpaired) electrons. The van der Waals surface area contributed by atoms with Gasteiger partial charge in [-0.15, -0.1) is 0 Å². The Morgan fingerprint density at radius 2 is 0.640 bits per heavy atom. The second-order valence-corrected chi connectivity index (χ2v) is 11.1. The molecule has 50 heavy (non-hydrogen) atoms. The maximum atomic E-state index is 14.4. The third kappa shape index (κ3) is 5.29. The van der Waals surface area contributed by atoms with Crippen molar-refractivity contribution in [2.45, 2.75) is 70.7 Å². The minimum Gasteiger partial charge on any atom is -0.368 e. The van der Waals surface area contributed by atoms with Crippen LogP contribution in [0.3, 0.4) is 0 Å². The summed E-state index contributed by atoms with van der Waals surface area (Å²) in [4.78, 5) is 8.04. The second-order valence-electron chi connectivity index (χ2n) is 9.08. The average Bonchev–Trinajstić information content (AvgIpc) is 2.89. The number of nitrogens with zero attached hydrogens (tertiary/aromatic N) is 4. The van der Waals surface area contributed by atoms with Gasteiger partial charge in [0, 0.05) is 7.05 Å². The Bertz CT molecular complexity index is 1540. The Morgan fingerprint density at radius 1 is 0.420 bits per heavy atom. The highest BCUT2D eigenvalue weighted by molar-refractivity contribution is 7.93. The molecule has 0 amide bonds. The summed E-state index contributed by atoms with van der Waals surface area (Å²) in [5, 5.41) is -8.16. The number of hydrogen-bond donors (Lipinski definition) is 2. The summed E-state index contributed by atoms with van der Waals surface area (Å²) in [5.74, 6) is -99.1. The monoisotopic (exact) mass is 822 g/mol. The summed E-state index contributed by atoms with van der Waals surface area (Å²) in [6.45, 7) is 0. The third-order valence-corrected chi connectivity index (χ3v) is 7.68. The summed E-state index contributed by atoms with van der Waals surface area (Å²) < 4.78 is 362. The van der Waals surface area contributed by atoms with Crippen LogP contribution in [0.1, 0.15) is 0 Å². The molecule has 294 valence electrons. The van der Waals surface area contributed by atoms with E-state index in [1.165, 1.54) is 0 Å². The van der Waals surface area contributed by atoms with Gasteiger partial charge in [-0.1, -0.05) is 0 Å². The van der Waals surface area contributed by atoms with Gasteiger partial charge in [0.15, 0.2) is 0 Å². The number of aromatic nitrogens is 3. The molecule has 0 aliphatic heterocycles. The smallest absolute Gasteiger partial charge is 0.368 e. The number of nitrogen functional groups attached to an aromatic ring is 2. The fourth-order valence-corrected chi connectivity index (χ4v) is 4.01. The number of sulfonamides is 1. The van der Waals surface area contributed by atoms with Crippen LogP contribution in [0.25, 0.3) is 0 Å². The highest BCUT2D eigenvalue weighted by Crippen LogP contribution is 2.68. The van der Waals surface area contributed by atoms with Crippen molar-refractivity contribution in [3.63, 3.8) is 0 Å². The van der Waals surface area contributed by atoms with Crippen molar-refractivity contribution in [2.75, 3.05) is 22.8 Å². The van der Waals surface area contributed by atoms with Gasteiger partial charge in [0.1, 0.15) is 0 Å². The quantitative estimate of drug-likeness (QED) is 0.224. The van der Waals surface area contributed by atoms with Crippen molar-refractivity contribution in [1.29, 1.82) is 0 Å². The van der Waals surface area contributed by atoms with Crippen LogP contribution in [-0.4, -0.2) is 101 Å². The number of alkyl halides is 25. The number of rotatable bonds is 13. The Hall–Kier alpha value is -3.39. The van der Waals surface area contributed by atoms with Crippen LogP contribution in [-0.2, 0) is 10.0 Å². The molecule has 34 heteroatoms. The van der Waals surface area contributed by atoms with Gasteiger partial charge in [-0.25, -0.2) is 4.31 Å². The molecule has 0 saturated heterocycles. The van der Waals surface area contributed by atoms with Gasteiger partial charge in [-0.05, 0) is 0 Å². The van der Waals surface area contributed by atoms with Crippen molar-refractivity contribution in [2.24, 2.45) is 0 Å². The molecular formula is C16H7F25N6O2S. The predicted molar refractivity (Wildman–Crippen MR) is 106 cm³/mol. The standard InChI is InChI=1S/C16H7F25N6O2S/c1-47(4-45-2(42)44-3(43)46-4)50(48,49)16(40,41)14(35,36)12(31,32)10(27,28)8(23,24)6(19,20)5(17,18)7(21,22)9(25,26)11(29,30)13(33,34)15(37,38)39/h1H3,(H4,42,43,44,45,46). The van der Waals surface area contributed by atoms with Crippen molar-refractivity contribution in [1.82, 2.24) is 15.0 Å². The molecule has 4 N–H and O–H groups in total. The average molecular weight is 822 g/mol. The van der Waals surface area contributed by atoms with Crippen molar-refractivity contribution < 1.29 is 118 Å². The lowest BCUT2D eigenvalue weighted by Crippen LogP contribution is -2.78. The van der Waals surface area contributed by atoms with Crippen LogP contribution in [0.2, 0.25) is 0 Å². The van der Waals surface area contributed by atoms with Crippen molar-refractivity contribution >= 4 is 27.9 Å². The molecule has 0 bridgehead atoms. The summed E-state index contributed by atoms with van der Waals surface area (Å²) >= 11 is 0. The lowest BCUT2D eigenvalue weighted by Gasteiger charge is -2.45. The van der Waals surface area contributed by atoms with E-state index in [4.69, 9.17) is 11.5 Å². The van der Waals surface area contributed by atoms with Crippen LogP contribution in [0.5, 0.6) is 0 Å². The molecule has 1 aromatic rings. The maximum absolute atomic E-state index is 14.4. The second kappa shape index (κ2) is 11.3. The molecule has 1 aromatic heterocycles. The summed E-state index contributed by atoms with van der Waals surface area (Å²) in [7, 11) is -8.49. The zero-order valence-corrected chi connectivity index (χ0v) is 22.9. The van der Waals surface area contributed by atoms with Gasteiger partial charge in [0.25, 0.3) is 0 Å². The molecule has 1 rings (SSSR count). The molecular weight excluding hydrogens is 815 g/mol. The first-order chi connectivity index (χ1) is 21.3. The topological polar surface area (TPSA) is 128 Å².